The van der Waals surface area contributed by atoms with Gasteiger partial charge in [-0.25, -0.2) is 0 Å². The van der Waals surface area contributed by atoms with E-state index in [0.717, 1.165) is 24.3 Å². The standard InChI is InChI=1S/C21H21NO2/c23-21-18-12-13-24-20-11-7-2-1-6-10-17(20)19(18)15-22(21)14-16-8-4-3-5-9-16/h1-11,18-19H,12-15H2/b2-1-,6-1?,7-2?,10-6-,11-7-,17-10?,20-11?. The van der Waals surface area contributed by atoms with Crippen molar-refractivity contribution in [3.63, 3.8) is 0 Å². The molecule has 0 spiro atoms. The van der Waals surface area contributed by atoms with Gasteiger partial charge in [0, 0.05) is 19.0 Å². The number of fused-ring (bicyclic) bond motifs is 2. The van der Waals surface area contributed by atoms with E-state index in [4.69, 9.17) is 4.74 Å². The highest BCUT2D eigenvalue weighted by Crippen LogP contribution is 2.39. The summed E-state index contributed by atoms with van der Waals surface area (Å²) < 4.78 is 5.92. The van der Waals surface area contributed by atoms with Crippen molar-refractivity contribution in [2.45, 2.75) is 13.0 Å². The summed E-state index contributed by atoms with van der Waals surface area (Å²) in [6, 6.07) is 10.2. The zero-order valence-corrected chi connectivity index (χ0v) is 13.6. The molecule has 1 aromatic rings. The number of carbonyl (C=O) groups excluding carboxylic acids is 1. The second-order valence-electron chi connectivity index (χ2n) is 6.48. The van der Waals surface area contributed by atoms with E-state index in [2.05, 4.69) is 18.2 Å². The summed E-state index contributed by atoms with van der Waals surface area (Å²) in [7, 11) is 0. The lowest BCUT2D eigenvalue weighted by atomic mass is 9.86. The maximum Gasteiger partial charge on any atom is 0.226 e. The van der Waals surface area contributed by atoms with Crippen molar-refractivity contribution in [2.75, 3.05) is 13.2 Å². The van der Waals surface area contributed by atoms with Crippen LogP contribution in [0.1, 0.15) is 12.0 Å². The molecule has 0 saturated carbocycles. The van der Waals surface area contributed by atoms with Crippen LogP contribution in [-0.2, 0) is 16.1 Å². The molecule has 2 atom stereocenters. The Labute approximate surface area is 142 Å². The molecule has 2 aliphatic heterocycles. The van der Waals surface area contributed by atoms with Crippen LogP contribution in [0.5, 0.6) is 0 Å². The van der Waals surface area contributed by atoms with E-state index >= 15 is 0 Å². The molecule has 0 N–H and O–H groups in total. The van der Waals surface area contributed by atoms with E-state index in [1.165, 1.54) is 5.56 Å². The van der Waals surface area contributed by atoms with Gasteiger partial charge in [-0.15, -0.1) is 0 Å². The molecule has 1 amide bonds. The molecule has 122 valence electrons. The number of nitrogens with zero attached hydrogens (tertiary/aromatic N) is 1. The first kappa shape index (κ1) is 15.0. The molecule has 1 saturated heterocycles. The maximum atomic E-state index is 12.9. The molecular formula is C21H21NO2. The van der Waals surface area contributed by atoms with Gasteiger partial charge in [-0.1, -0.05) is 60.7 Å². The third-order valence-electron chi connectivity index (χ3n) is 4.98. The van der Waals surface area contributed by atoms with E-state index in [0.29, 0.717) is 13.2 Å². The number of benzene rings is 1. The fraction of sp³-hybridized carbons (Fsp3) is 0.286. The molecule has 3 heteroatoms. The number of rotatable bonds is 2. The molecule has 3 nitrogen and oxygen atoms in total. The fourth-order valence-corrected chi connectivity index (χ4v) is 3.79. The highest BCUT2D eigenvalue weighted by Gasteiger charge is 2.43. The topological polar surface area (TPSA) is 29.5 Å². The number of allylic oxidation sites excluding steroid dienone is 6. The Bertz CT molecular complexity index is 742. The van der Waals surface area contributed by atoms with Crippen molar-refractivity contribution in [2.24, 2.45) is 11.8 Å². The molecule has 1 fully saturated rings. The number of ether oxygens (including phenoxy) is 1. The average Bonchev–Trinajstić information content (AvgIpc) is 2.77. The van der Waals surface area contributed by atoms with Gasteiger partial charge in [-0.3, -0.25) is 4.79 Å². The lowest BCUT2D eigenvalue weighted by Crippen LogP contribution is -2.27. The SMILES string of the molecule is O=C1C2CCOC3=C(\C=C/C=C\C=C/3)C2CN1Cc1ccccc1. The first-order valence-corrected chi connectivity index (χ1v) is 8.54. The molecule has 0 aromatic heterocycles. The van der Waals surface area contributed by atoms with Gasteiger partial charge < -0.3 is 9.64 Å². The summed E-state index contributed by atoms with van der Waals surface area (Å²) in [5.74, 6) is 1.42. The van der Waals surface area contributed by atoms with Gasteiger partial charge in [-0.2, -0.15) is 0 Å². The highest BCUT2D eigenvalue weighted by atomic mass is 16.5. The molecule has 2 unspecified atom stereocenters. The van der Waals surface area contributed by atoms with Gasteiger partial charge in [-0.05, 0) is 23.6 Å². The Kier molecular flexibility index (Phi) is 4.08. The van der Waals surface area contributed by atoms with Gasteiger partial charge in [0.2, 0.25) is 5.91 Å². The second kappa shape index (κ2) is 6.52. The Morgan fingerprint density at radius 1 is 1.00 bits per heavy atom. The van der Waals surface area contributed by atoms with Crippen molar-refractivity contribution >= 4 is 5.91 Å². The van der Waals surface area contributed by atoms with Crippen molar-refractivity contribution in [3.8, 4) is 0 Å². The number of amides is 1. The quantitative estimate of drug-likeness (QED) is 0.833. The first-order valence-electron chi connectivity index (χ1n) is 8.54. The minimum absolute atomic E-state index is 0.0302. The summed E-state index contributed by atoms with van der Waals surface area (Å²) in [6.45, 7) is 2.06. The summed E-state index contributed by atoms with van der Waals surface area (Å²) >= 11 is 0. The second-order valence-corrected chi connectivity index (χ2v) is 6.48. The normalized spacial score (nSPS) is 29.7. The first-order chi connectivity index (χ1) is 11.8. The lowest BCUT2D eigenvalue weighted by molar-refractivity contribution is -0.132. The summed E-state index contributed by atoms with van der Waals surface area (Å²) in [4.78, 5) is 14.9. The van der Waals surface area contributed by atoms with E-state index < -0.39 is 0 Å². The predicted octanol–water partition coefficient (Wildman–Crippen LogP) is 3.62. The van der Waals surface area contributed by atoms with Crippen LogP contribution in [0.15, 0.2) is 78.1 Å². The van der Waals surface area contributed by atoms with Crippen LogP contribution in [0.3, 0.4) is 0 Å². The van der Waals surface area contributed by atoms with Crippen molar-refractivity contribution < 1.29 is 9.53 Å². The summed E-state index contributed by atoms with van der Waals surface area (Å²) in [6.07, 6.45) is 13.0. The van der Waals surface area contributed by atoms with Crippen LogP contribution in [0, 0.1) is 11.8 Å². The molecule has 2 heterocycles. The number of carbonyl (C=O) groups is 1. The van der Waals surface area contributed by atoms with Gasteiger partial charge >= 0.3 is 0 Å². The Balaban J connectivity index is 1.62. The van der Waals surface area contributed by atoms with E-state index in [1.807, 2.05) is 53.5 Å². The third-order valence-corrected chi connectivity index (χ3v) is 4.98. The molecule has 3 aliphatic rings. The van der Waals surface area contributed by atoms with Gasteiger partial charge in [0.1, 0.15) is 5.76 Å². The van der Waals surface area contributed by atoms with Gasteiger partial charge in [0.25, 0.3) is 0 Å². The summed E-state index contributed by atoms with van der Waals surface area (Å²) in [5.41, 5.74) is 2.34. The van der Waals surface area contributed by atoms with Crippen LogP contribution in [0.4, 0.5) is 0 Å². The Morgan fingerprint density at radius 2 is 1.79 bits per heavy atom. The zero-order valence-electron chi connectivity index (χ0n) is 13.6. The average molecular weight is 319 g/mol. The third kappa shape index (κ3) is 2.82. The minimum Gasteiger partial charge on any atom is -0.493 e. The molecular weight excluding hydrogens is 298 g/mol. The van der Waals surface area contributed by atoms with E-state index in [-0.39, 0.29) is 17.7 Å². The van der Waals surface area contributed by atoms with Crippen LogP contribution in [0.2, 0.25) is 0 Å². The van der Waals surface area contributed by atoms with Crippen LogP contribution < -0.4 is 0 Å². The monoisotopic (exact) mass is 319 g/mol. The zero-order chi connectivity index (χ0) is 16.4. The minimum atomic E-state index is 0.0302. The molecule has 4 rings (SSSR count). The van der Waals surface area contributed by atoms with Gasteiger partial charge in [0.05, 0.1) is 12.5 Å². The fourth-order valence-electron chi connectivity index (χ4n) is 3.79. The Morgan fingerprint density at radius 3 is 2.62 bits per heavy atom. The van der Waals surface area contributed by atoms with Crippen molar-refractivity contribution in [3.05, 3.63) is 83.7 Å². The van der Waals surface area contributed by atoms with Gasteiger partial charge in [0.15, 0.2) is 0 Å². The predicted molar refractivity (Wildman–Crippen MR) is 93.9 cm³/mol. The van der Waals surface area contributed by atoms with Crippen LogP contribution in [-0.4, -0.2) is 24.0 Å². The van der Waals surface area contributed by atoms with E-state index in [1.54, 1.807) is 0 Å². The maximum absolute atomic E-state index is 12.9. The molecule has 24 heavy (non-hydrogen) atoms. The van der Waals surface area contributed by atoms with Crippen LogP contribution >= 0.6 is 0 Å². The highest BCUT2D eigenvalue weighted by molar-refractivity contribution is 5.82. The smallest absolute Gasteiger partial charge is 0.226 e. The summed E-state index contributed by atoms with van der Waals surface area (Å²) in [5, 5.41) is 0. The number of hydrogen-bond acceptors (Lipinski definition) is 2. The van der Waals surface area contributed by atoms with E-state index in [9.17, 15) is 4.79 Å². The largest absolute Gasteiger partial charge is 0.493 e. The number of hydrogen-bond donors (Lipinski definition) is 0. The number of likely N-dealkylation sites (tertiary alicyclic amines) is 1. The van der Waals surface area contributed by atoms with Crippen molar-refractivity contribution in [1.82, 2.24) is 4.90 Å². The Hall–Kier alpha value is -2.55. The van der Waals surface area contributed by atoms with Crippen LogP contribution in [0.25, 0.3) is 0 Å². The molecule has 0 radical (unpaired) electrons. The van der Waals surface area contributed by atoms with Crippen molar-refractivity contribution in [1.29, 1.82) is 0 Å². The molecule has 1 aromatic carbocycles. The molecule has 1 aliphatic carbocycles. The lowest BCUT2D eigenvalue weighted by Gasteiger charge is -2.18. The molecule has 0 bridgehead atoms.